The standard InChI is InChI=1S/C8H17N3O.HI/c1-2-4-10-8(9)11-5-3-7(12)6-11;/h7,12H,2-6H2,1H3,(H2,9,10);1H/t7-;/m1./s1. The molecule has 0 aromatic rings. The topological polar surface area (TPSA) is 61.8 Å². The summed E-state index contributed by atoms with van der Waals surface area (Å²) in [5, 5.41) is 9.22. The van der Waals surface area contributed by atoms with Crippen LogP contribution in [0.5, 0.6) is 0 Å². The van der Waals surface area contributed by atoms with Crippen molar-refractivity contribution in [3.05, 3.63) is 0 Å². The third-order valence-electron chi connectivity index (χ3n) is 1.98. The monoisotopic (exact) mass is 299 g/mol. The van der Waals surface area contributed by atoms with E-state index in [9.17, 15) is 5.11 Å². The SMILES string of the molecule is CCCN=C(N)N1CC[C@@H](O)C1.I. The van der Waals surface area contributed by atoms with Crippen LogP contribution in [0.15, 0.2) is 4.99 Å². The van der Waals surface area contributed by atoms with Gasteiger partial charge in [-0.1, -0.05) is 6.92 Å². The second-order valence-corrected chi connectivity index (χ2v) is 3.13. The van der Waals surface area contributed by atoms with Crippen LogP contribution in [0.1, 0.15) is 19.8 Å². The summed E-state index contributed by atoms with van der Waals surface area (Å²) < 4.78 is 0. The summed E-state index contributed by atoms with van der Waals surface area (Å²) in [7, 11) is 0. The number of hydrogen-bond donors (Lipinski definition) is 2. The maximum absolute atomic E-state index is 9.22. The van der Waals surface area contributed by atoms with E-state index in [0.29, 0.717) is 12.5 Å². The van der Waals surface area contributed by atoms with Crippen LogP contribution in [-0.2, 0) is 0 Å². The summed E-state index contributed by atoms with van der Waals surface area (Å²) in [6, 6.07) is 0. The van der Waals surface area contributed by atoms with Crippen molar-refractivity contribution in [3.8, 4) is 0 Å². The minimum absolute atomic E-state index is 0. The molecule has 0 saturated carbocycles. The maximum Gasteiger partial charge on any atom is 0.191 e. The summed E-state index contributed by atoms with van der Waals surface area (Å²) in [6.45, 7) is 4.31. The predicted octanol–water partition coefficient (Wildman–Crippen LogP) is 0.396. The predicted molar refractivity (Wildman–Crippen MR) is 64.4 cm³/mol. The molecule has 1 saturated heterocycles. The molecule has 0 amide bonds. The summed E-state index contributed by atoms with van der Waals surface area (Å²) in [5.74, 6) is 0.577. The van der Waals surface area contributed by atoms with Gasteiger partial charge >= 0.3 is 0 Å². The number of aliphatic imine (C=N–C) groups is 1. The Bertz CT molecular complexity index is 175. The van der Waals surface area contributed by atoms with E-state index in [1.54, 1.807) is 0 Å². The van der Waals surface area contributed by atoms with Gasteiger partial charge in [-0.25, -0.2) is 0 Å². The van der Waals surface area contributed by atoms with Gasteiger partial charge in [-0.2, -0.15) is 0 Å². The Balaban J connectivity index is 0.00000144. The first-order valence-electron chi connectivity index (χ1n) is 4.47. The van der Waals surface area contributed by atoms with E-state index in [1.807, 2.05) is 4.90 Å². The highest BCUT2D eigenvalue weighted by atomic mass is 127. The molecule has 0 aromatic carbocycles. The highest BCUT2D eigenvalue weighted by Crippen LogP contribution is 2.07. The third kappa shape index (κ3) is 4.12. The number of guanidine groups is 1. The fraction of sp³-hybridized carbons (Fsp3) is 0.875. The van der Waals surface area contributed by atoms with Gasteiger partial charge in [0.15, 0.2) is 5.96 Å². The Kier molecular flexibility index (Phi) is 6.40. The van der Waals surface area contributed by atoms with E-state index in [2.05, 4.69) is 11.9 Å². The molecular formula is C8H18IN3O. The fourth-order valence-electron chi connectivity index (χ4n) is 1.28. The van der Waals surface area contributed by atoms with E-state index in [0.717, 1.165) is 25.9 Å². The molecule has 1 atom stereocenters. The average Bonchev–Trinajstić information content (AvgIpc) is 2.47. The van der Waals surface area contributed by atoms with Crippen molar-refractivity contribution in [3.63, 3.8) is 0 Å². The second kappa shape index (κ2) is 6.42. The lowest BCUT2D eigenvalue weighted by molar-refractivity contribution is 0.188. The Labute approximate surface area is 96.2 Å². The lowest BCUT2D eigenvalue weighted by atomic mass is 10.3. The van der Waals surface area contributed by atoms with Gasteiger partial charge in [0.05, 0.1) is 6.10 Å². The van der Waals surface area contributed by atoms with Gasteiger partial charge in [-0.15, -0.1) is 24.0 Å². The molecule has 0 radical (unpaired) electrons. The zero-order chi connectivity index (χ0) is 8.97. The van der Waals surface area contributed by atoms with Gasteiger partial charge in [0, 0.05) is 19.6 Å². The molecule has 3 N–H and O–H groups in total. The molecule has 0 spiro atoms. The number of nitrogens with two attached hydrogens (primary N) is 1. The van der Waals surface area contributed by atoms with Crippen LogP contribution in [0, 0.1) is 0 Å². The van der Waals surface area contributed by atoms with E-state index in [4.69, 9.17) is 5.73 Å². The van der Waals surface area contributed by atoms with Crippen LogP contribution in [0.3, 0.4) is 0 Å². The molecule has 0 unspecified atom stereocenters. The molecule has 78 valence electrons. The molecule has 1 aliphatic heterocycles. The van der Waals surface area contributed by atoms with Crippen LogP contribution in [0.25, 0.3) is 0 Å². The summed E-state index contributed by atoms with van der Waals surface area (Å²) in [4.78, 5) is 6.10. The summed E-state index contributed by atoms with van der Waals surface area (Å²) in [5.41, 5.74) is 5.69. The molecule has 1 heterocycles. The highest BCUT2D eigenvalue weighted by Gasteiger charge is 2.20. The van der Waals surface area contributed by atoms with Crippen molar-refractivity contribution in [1.29, 1.82) is 0 Å². The van der Waals surface area contributed by atoms with Gasteiger partial charge in [-0.05, 0) is 12.8 Å². The van der Waals surface area contributed by atoms with Crippen molar-refractivity contribution in [2.24, 2.45) is 10.7 Å². The number of aliphatic hydroxyl groups excluding tert-OH is 1. The summed E-state index contributed by atoms with van der Waals surface area (Å²) >= 11 is 0. The zero-order valence-electron chi connectivity index (χ0n) is 7.94. The first-order valence-corrected chi connectivity index (χ1v) is 4.47. The Morgan fingerprint density at radius 1 is 1.69 bits per heavy atom. The van der Waals surface area contributed by atoms with Crippen molar-refractivity contribution < 1.29 is 5.11 Å². The molecule has 1 rings (SSSR count). The van der Waals surface area contributed by atoms with Crippen LogP contribution in [0.4, 0.5) is 0 Å². The molecule has 13 heavy (non-hydrogen) atoms. The first kappa shape index (κ1) is 13.0. The number of hydrogen-bond acceptors (Lipinski definition) is 2. The van der Waals surface area contributed by atoms with Crippen molar-refractivity contribution in [1.82, 2.24) is 4.90 Å². The maximum atomic E-state index is 9.22. The quantitative estimate of drug-likeness (QED) is 0.441. The van der Waals surface area contributed by atoms with Gasteiger partial charge < -0.3 is 15.7 Å². The van der Waals surface area contributed by atoms with Crippen LogP contribution < -0.4 is 5.73 Å². The highest BCUT2D eigenvalue weighted by molar-refractivity contribution is 14.0. The molecule has 0 bridgehead atoms. The molecule has 5 heteroatoms. The lowest BCUT2D eigenvalue weighted by Gasteiger charge is -2.15. The minimum atomic E-state index is -0.222. The Morgan fingerprint density at radius 3 is 2.85 bits per heavy atom. The van der Waals surface area contributed by atoms with E-state index < -0.39 is 0 Å². The smallest absolute Gasteiger partial charge is 0.191 e. The van der Waals surface area contributed by atoms with Gasteiger partial charge in [0.2, 0.25) is 0 Å². The third-order valence-corrected chi connectivity index (χ3v) is 1.98. The number of halogens is 1. The van der Waals surface area contributed by atoms with Gasteiger partial charge in [0.25, 0.3) is 0 Å². The minimum Gasteiger partial charge on any atom is -0.391 e. The van der Waals surface area contributed by atoms with E-state index >= 15 is 0 Å². The van der Waals surface area contributed by atoms with E-state index in [-0.39, 0.29) is 30.1 Å². The molecule has 0 aliphatic carbocycles. The Hall–Kier alpha value is -0.0400. The summed E-state index contributed by atoms with van der Waals surface area (Å²) in [6.07, 6.45) is 1.60. The largest absolute Gasteiger partial charge is 0.391 e. The normalized spacial score (nSPS) is 23.1. The number of β-amino-alcohol motifs (C(OH)–C–C–N with tert-alkyl or cyclic N) is 1. The fourth-order valence-corrected chi connectivity index (χ4v) is 1.28. The van der Waals surface area contributed by atoms with E-state index in [1.165, 1.54) is 0 Å². The number of aliphatic hydroxyl groups is 1. The van der Waals surface area contributed by atoms with Crippen LogP contribution in [-0.4, -0.2) is 41.7 Å². The molecule has 1 fully saturated rings. The first-order chi connectivity index (χ1) is 5.74. The Morgan fingerprint density at radius 2 is 2.38 bits per heavy atom. The number of likely N-dealkylation sites (tertiary alicyclic amines) is 1. The molecule has 0 aromatic heterocycles. The molecular weight excluding hydrogens is 281 g/mol. The van der Waals surface area contributed by atoms with Crippen molar-refractivity contribution in [2.75, 3.05) is 19.6 Å². The van der Waals surface area contributed by atoms with Crippen LogP contribution in [0.2, 0.25) is 0 Å². The van der Waals surface area contributed by atoms with Crippen molar-refractivity contribution >= 4 is 29.9 Å². The zero-order valence-corrected chi connectivity index (χ0v) is 10.3. The van der Waals surface area contributed by atoms with Gasteiger partial charge in [0.1, 0.15) is 0 Å². The molecule has 1 aliphatic rings. The lowest BCUT2D eigenvalue weighted by Crippen LogP contribution is -2.36. The number of nitrogens with zero attached hydrogens (tertiary/aromatic N) is 2. The molecule has 4 nitrogen and oxygen atoms in total. The average molecular weight is 299 g/mol. The van der Waals surface area contributed by atoms with Crippen molar-refractivity contribution in [2.45, 2.75) is 25.9 Å². The second-order valence-electron chi connectivity index (χ2n) is 3.13. The van der Waals surface area contributed by atoms with Gasteiger partial charge in [-0.3, -0.25) is 4.99 Å². The van der Waals surface area contributed by atoms with Crippen LogP contribution >= 0.6 is 24.0 Å². The number of rotatable bonds is 2.